The molecule has 1 aromatic heterocycles. The molecule has 2 heterocycles. The highest BCUT2D eigenvalue weighted by molar-refractivity contribution is 7.90. The molecule has 2 aromatic carbocycles. The van der Waals surface area contributed by atoms with E-state index >= 15 is 0 Å². The lowest BCUT2D eigenvalue weighted by Gasteiger charge is -2.25. The summed E-state index contributed by atoms with van der Waals surface area (Å²) in [6.45, 7) is 5.34. The van der Waals surface area contributed by atoms with Gasteiger partial charge in [-0.25, -0.2) is 18.2 Å². The van der Waals surface area contributed by atoms with E-state index in [9.17, 15) is 13.2 Å². The lowest BCUT2D eigenvalue weighted by molar-refractivity contribution is 0.204. The van der Waals surface area contributed by atoms with Gasteiger partial charge in [0.05, 0.1) is 22.0 Å². The zero-order valence-corrected chi connectivity index (χ0v) is 18.2. The molecule has 8 heteroatoms. The SMILES string of the molecule is CCn1c(C2CCCN2C(=O)Nc2cc(S(C)(=O)=O)ccc2C)nc2ccccc21. The Bertz CT molecular complexity index is 1220. The van der Waals surface area contributed by atoms with Gasteiger partial charge in [0, 0.05) is 25.0 Å². The van der Waals surface area contributed by atoms with Gasteiger partial charge in [-0.05, 0) is 56.5 Å². The Morgan fingerprint density at radius 2 is 2.00 bits per heavy atom. The fraction of sp³-hybridized carbons (Fsp3) is 0.364. The number of nitrogens with zero attached hydrogens (tertiary/aromatic N) is 3. The molecule has 4 rings (SSSR count). The number of rotatable bonds is 4. The van der Waals surface area contributed by atoms with Gasteiger partial charge in [-0.2, -0.15) is 0 Å². The summed E-state index contributed by atoms with van der Waals surface area (Å²) >= 11 is 0. The molecule has 1 atom stereocenters. The predicted molar refractivity (Wildman–Crippen MR) is 117 cm³/mol. The Hall–Kier alpha value is -2.87. The minimum atomic E-state index is -3.35. The zero-order valence-electron chi connectivity index (χ0n) is 17.4. The fourth-order valence-electron chi connectivity index (χ4n) is 4.11. The van der Waals surface area contributed by atoms with E-state index in [0.29, 0.717) is 12.2 Å². The average Bonchev–Trinajstić information content (AvgIpc) is 3.32. The van der Waals surface area contributed by atoms with Crippen LogP contribution in [-0.4, -0.2) is 41.7 Å². The minimum Gasteiger partial charge on any atom is -0.327 e. The number of hydrogen-bond acceptors (Lipinski definition) is 4. The van der Waals surface area contributed by atoms with Gasteiger partial charge in [0.15, 0.2) is 9.84 Å². The largest absolute Gasteiger partial charge is 0.327 e. The second kappa shape index (κ2) is 7.75. The summed E-state index contributed by atoms with van der Waals surface area (Å²) in [6.07, 6.45) is 2.90. The van der Waals surface area contributed by atoms with E-state index in [1.165, 1.54) is 6.07 Å². The molecule has 0 saturated carbocycles. The van der Waals surface area contributed by atoms with Crippen molar-refractivity contribution in [1.82, 2.24) is 14.5 Å². The monoisotopic (exact) mass is 426 g/mol. The van der Waals surface area contributed by atoms with Crippen LogP contribution in [0.3, 0.4) is 0 Å². The van der Waals surface area contributed by atoms with Crippen molar-refractivity contribution in [2.45, 2.75) is 44.2 Å². The number of aromatic nitrogens is 2. The quantitative estimate of drug-likeness (QED) is 0.680. The Morgan fingerprint density at radius 3 is 2.73 bits per heavy atom. The first-order chi connectivity index (χ1) is 14.3. The summed E-state index contributed by atoms with van der Waals surface area (Å²) < 4.78 is 26.0. The molecule has 3 aromatic rings. The lowest BCUT2D eigenvalue weighted by Crippen LogP contribution is -2.35. The molecule has 1 unspecified atom stereocenters. The maximum Gasteiger partial charge on any atom is 0.322 e. The van der Waals surface area contributed by atoms with Crippen LogP contribution >= 0.6 is 0 Å². The number of urea groups is 1. The summed E-state index contributed by atoms with van der Waals surface area (Å²) in [5, 5.41) is 2.92. The summed E-state index contributed by atoms with van der Waals surface area (Å²) in [6, 6.07) is 12.4. The highest BCUT2D eigenvalue weighted by atomic mass is 32.2. The van der Waals surface area contributed by atoms with E-state index in [4.69, 9.17) is 4.98 Å². The Labute approximate surface area is 176 Å². The van der Waals surface area contributed by atoms with Crippen molar-refractivity contribution in [3.8, 4) is 0 Å². The van der Waals surface area contributed by atoms with Crippen molar-refractivity contribution in [3.63, 3.8) is 0 Å². The number of benzene rings is 2. The van der Waals surface area contributed by atoms with E-state index in [1.807, 2.05) is 25.1 Å². The van der Waals surface area contributed by atoms with Crippen LogP contribution in [0.5, 0.6) is 0 Å². The molecule has 0 bridgehead atoms. The number of carbonyl (C=O) groups is 1. The molecule has 7 nitrogen and oxygen atoms in total. The van der Waals surface area contributed by atoms with Crippen LogP contribution in [0, 0.1) is 6.92 Å². The first-order valence-corrected chi connectivity index (χ1v) is 12.0. The first kappa shape index (κ1) is 20.4. The van der Waals surface area contributed by atoms with E-state index in [1.54, 1.807) is 17.0 Å². The molecule has 1 fully saturated rings. The Morgan fingerprint density at radius 1 is 1.23 bits per heavy atom. The van der Waals surface area contributed by atoms with Gasteiger partial charge in [0.1, 0.15) is 5.82 Å². The summed E-state index contributed by atoms with van der Waals surface area (Å²) in [7, 11) is -3.35. The van der Waals surface area contributed by atoms with Crippen LogP contribution < -0.4 is 5.32 Å². The normalized spacial score (nSPS) is 16.9. The molecule has 1 N–H and O–H groups in total. The molecule has 0 aliphatic carbocycles. The van der Waals surface area contributed by atoms with E-state index in [-0.39, 0.29) is 17.0 Å². The second-order valence-corrected chi connectivity index (χ2v) is 9.75. The van der Waals surface area contributed by atoms with Gasteiger partial charge < -0.3 is 14.8 Å². The van der Waals surface area contributed by atoms with Gasteiger partial charge >= 0.3 is 6.03 Å². The van der Waals surface area contributed by atoms with E-state index in [0.717, 1.165) is 48.1 Å². The molecular weight excluding hydrogens is 400 g/mol. The highest BCUT2D eigenvalue weighted by Gasteiger charge is 2.34. The van der Waals surface area contributed by atoms with Crippen LogP contribution in [0.4, 0.5) is 10.5 Å². The third-order valence-corrected chi connectivity index (χ3v) is 6.80. The fourth-order valence-corrected chi connectivity index (χ4v) is 4.76. The Kier molecular flexibility index (Phi) is 5.27. The van der Waals surface area contributed by atoms with Crippen molar-refractivity contribution in [2.24, 2.45) is 0 Å². The number of sulfone groups is 1. The number of amides is 2. The van der Waals surface area contributed by atoms with Crippen LogP contribution in [0.25, 0.3) is 11.0 Å². The summed E-state index contributed by atoms with van der Waals surface area (Å²) in [5.74, 6) is 0.896. The number of nitrogens with one attached hydrogen (secondary N) is 1. The lowest BCUT2D eigenvalue weighted by atomic mass is 10.2. The minimum absolute atomic E-state index is 0.115. The molecule has 1 aliphatic heterocycles. The second-order valence-electron chi connectivity index (χ2n) is 7.73. The molecular formula is C22H26N4O3S. The van der Waals surface area contributed by atoms with Crippen molar-refractivity contribution in [1.29, 1.82) is 0 Å². The average molecular weight is 427 g/mol. The Balaban J connectivity index is 1.64. The third-order valence-electron chi connectivity index (χ3n) is 5.69. The molecule has 2 amide bonds. The highest BCUT2D eigenvalue weighted by Crippen LogP contribution is 2.34. The molecule has 0 radical (unpaired) electrons. The summed E-state index contributed by atoms with van der Waals surface area (Å²) in [5.41, 5.74) is 3.32. The standard InChI is InChI=1S/C22H26N4O3S/c1-4-25-19-9-6-5-8-17(19)23-21(25)20-10-7-13-26(20)22(27)24-18-14-16(30(3,28)29)12-11-15(18)2/h5-6,8-9,11-12,14,20H,4,7,10,13H2,1-3H3,(H,24,27). The van der Waals surface area contributed by atoms with Gasteiger partial charge in [0.25, 0.3) is 0 Å². The number of fused-ring (bicyclic) bond motifs is 1. The van der Waals surface area contributed by atoms with Crippen molar-refractivity contribution >= 4 is 32.6 Å². The van der Waals surface area contributed by atoms with E-state index < -0.39 is 9.84 Å². The smallest absolute Gasteiger partial charge is 0.322 e. The van der Waals surface area contributed by atoms with Crippen LogP contribution in [-0.2, 0) is 16.4 Å². The van der Waals surface area contributed by atoms with E-state index in [2.05, 4.69) is 22.9 Å². The van der Waals surface area contributed by atoms with Crippen molar-refractivity contribution in [3.05, 3.63) is 53.9 Å². The molecule has 0 spiro atoms. The van der Waals surface area contributed by atoms with Gasteiger partial charge in [-0.3, -0.25) is 0 Å². The number of aryl methyl sites for hydroxylation is 2. The van der Waals surface area contributed by atoms with Gasteiger partial charge in [-0.15, -0.1) is 0 Å². The van der Waals surface area contributed by atoms with Crippen LogP contribution in [0.2, 0.25) is 0 Å². The molecule has 30 heavy (non-hydrogen) atoms. The van der Waals surface area contributed by atoms with Crippen molar-refractivity contribution in [2.75, 3.05) is 18.1 Å². The van der Waals surface area contributed by atoms with Crippen molar-refractivity contribution < 1.29 is 13.2 Å². The van der Waals surface area contributed by atoms with Crippen LogP contribution in [0.1, 0.15) is 37.2 Å². The third kappa shape index (κ3) is 3.67. The number of hydrogen-bond donors (Lipinski definition) is 1. The number of likely N-dealkylation sites (tertiary alicyclic amines) is 1. The topological polar surface area (TPSA) is 84.3 Å². The maximum absolute atomic E-state index is 13.2. The maximum atomic E-state index is 13.2. The molecule has 158 valence electrons. The number of anilines is 1. The molecule has 1 aliphatic rings. The predicted octanol–water partition coefficient (Wildman–Crippen LogP) is 4.14. The van der Waals surface area contributed by atoms with Gasteiger partial charge in [0.2, 0.25) is 0 Å². The number of para-hydroxylation sites is 2. The first-order valence-electron chi connectivity index (χ1n) is 10.1. The number of imidazole rings is 1. The zero-order chi connectivity index (χ0) is 21.5. The molecule has 1 saturated heterocycles. The summed E-state index contributed by atoms with van der Waals surface area (Å²) in [4.78, 5) is 20.0. The van der Waals surface area contributed by atoms with Gasteiger partial charge in [-0.1, -0.05) is 18.2 Å². The van der Waals surface area contributed by atoms with Crippen LogP contribution in [0.15, 0.2) is 47.4 Å². The number of carbonyl (C=O) groups excluding carboxylic acids is 1.